The molecule has 6 nitrogen and oxygen atoms in total. The van der Waals surface area contributed by atoms with Crippen LogP contribution in [0.4, 0.5) is 0 Å². The standard InChI is InChI=1S/C58H109NO5/c1-3-5-7-9-11-13-14-15-29-32-36-40-44-48-52-58(63)64-53-49-45-41-37-33-30-27-25-23-21-19-17-16-18-20-22-24-26-28-31-35-39-43-47-51-57(62)59-55(54-60)56(61)50-46-42-38-34-12-10-8-6-4-2/h9,11,14-15,18,20,55-56,60-61H,3-8,10,12-13,16-17,19,21-54H2,1-2H3,(H,59,62)/b11-9-,15-14-,20-18-. The van der Waals surface area contributed by atoms with Gasteiger partial charge >= 0.3 is 5.97 Å². The summed E-state index contributed by atoms with van der Waals surface area (Å²) >= 11 is 0. The molecule has 0 bridgehead atoms. The van der Waals surface area contributed by atoms with Crippen LogP contribution in [0.25, 0.3) is 0 Å². The summed E-state index contributed by atoms with van der Waals surface area (Å²) in [6.07, 6.45) is 65.7. The number of hydrogen-bond acceptors (Lipinski definition) is 5. The van der Waals surface area contributed by atoms with Crippen molar-refractivity contribution in [2.45, 2.75) is 309 Å². The molecule has 0 aromatic heterocycles. The van der Waals surface area contributed by atoms with E-state index < -0.39 is 12.1 Å². The maximum Gasteiger partial charge on any atom is 0.305 e. The maximum absolute atomic E-state index is 12.4. The van der Waals surface area contributed by atoms with Crippen molar-refractivity contribution in [2.75, 3.05) is 13.2 Å². The lowest BCUT2D eigenvalue weighted by atomic mass is 10.0. The van der Waals surface area contributed by atoms with Crippen LogP contribution in [0.1, 0.15) is 296 Å². The first kappa shape index (κ1) is 62.1. The zero-order valence-corrected chi connectivity index (χ0v) is 42.8. The van der Waals surface area contributed by atoms with Gasteiger partial charge in [-0.3, -0.25) is 9.59 Å². The third-order valence-corrected chi connectivity index (χ3v) is 12.9. The van der Waals surface area contributed by atoms with Crippen molar-refractivity contribution in [3.8, 4) is 0 Å². The number of carbonyl (C=O) groups is 2. The van der Waals surface area contributed by atoms with Gasteiger partial charge in [-0.15, -0.1) is 0 Å². The second kappa shape index (κ2) is 53.7. The Labute approximate surface area is 398 Å². The summed E-state index contributed by atoms with van der Waals surface area (Å²) in [7, 11) is 0. The summed E-state index contributed by atoms with van der Waals surface area (Å²) in [6, 6.07) is -0.543. The number of unbranched alkanes of at least 4 members (excludes halogenated alkanes) is 35. The molecule has 2 atom stereocenters. The molecule has 0 radical (unpaired) electrons. The highest BCUT2D eigenvalue weighted by Crippen LogP contribution is 2.16. The van der Waals surface area contributed by atoms with Crippen molar-refractivity contribution in [1.82, 2.24) is 5.32 Å². The first-order valence-electron chi connectivity index (χ1n) is 28.2. The van der Waals surface area contributed by atoms with Crippen LogP contribution in [0, 0.1) is 0 Å². The number of amides is 1. The van der Waals surface area contributed by atoms with Crippen LogP contribution in [0.15, 0.2) is 36.5 Å². The van der Waals surface area contributed by atoms with Gasteiger partial charge in [0.05, 0.1) is 25.4 Å². The van der Waals surface area contributed by atoms with Crippen LogP contribution < -0.4 is 5.32 Å². The van der Waals surface area contributed by atoms with Gasteiger partial charge in [0, 0.05) is 12.8 Å². The molecular formula is C58H109NO5. The fraction of sp³-hybridized carbons (Fsp3) is 0.862. The summed E-state index contributed by atoms with van der Waals surface area (Å²) in [5.74, 6) is -0.0449. The second-order valence-electron chi connectivity index (χ2n) is 19.3. The van der Waals surface area contributed by atoms with Gasteiger partial charge in [-0.25, -0.2) is 0 Å². The molecule has 64 heavy (non-hydrogen) atoms. The molecule has 2 unspecified atom stereocenters. The van der Waals surface area contributed by atoms with E-state index in [2.05, 4.69) is 55.6 Å². The molecule has 0 heterocycles. The Morgan fingerprint density at radius 3 is 1.25 bits per heavy atom. The lowest BCUT2D eigenvalue weighted by Gasteiger charge is -2.22. The average Bonchev–Trinajstić information content (AvgIpc) is 3.29. The second-order valence-corrected chi connectivity index (χ2v) is 19.3. The summed E-state index contributed by atoms with van der Waals surface area (Å²) in [5.41, 5.74) is 0. The molecule has 376 valence electrons. The monoisotopic (exact) mass is 900 g/mol. The third kappa shape index (κ3) is 49.5. The molecule has 0 aromatic rings. The van der Waals surface area contributed by atoms with Crippen LogP contribution in [0.2, 0.25) is 0 Å². The van der Waals surface area contributed by atoms with E-state index in [9.17, 15) is 19.8 Å². The molecule has 3 N–H and O–H groups in total. The molecule has 0 saturated heterocycles. The smallest absolute Gasteiger partial charge is 0.305 e. The van der Waals surface area contributed by atoms with Gasteiger partial charge in [-0.05, 0) is 77.0 Å². The fourth-order valence-electron chi connectivity index (χ4n) is 8.53. The topological polar surface area (TPSA) is 95.9 Å². The van der Waals surface area contributed by atoms with Gasteiger partial charge in [-0.1, -0.05) is 243 Å². The minimum atomic E-state index is -0.665. The van der Waals surface area contributed by atoms with E-state index in [-0.39, 0.29) is 18.5 Å². The van der Waals surface area contributed by atoms with Crippen LogP contribution in [0.5, 0.6) is 0 Å². The molecule has 0 aromatic carbocycles. The van der Waals surface area contributed by atoms with E-state index in [4.69, 9.17) is 4.74 Å². The zero-order valence-electron chi connectivity index (χ0n) is 42.8. The number of allylic oxidation sites excluding steroid dienone is 6. The molecule has 0 aliphatic carbocycles. The first-order valence-corrected chi connectivity index (χ1v) is 28.2. The van der Waals surface area contributed by atoms with Crippen LogP contribution in [-0.2, 0) is 14.3 Å². The number of nitrogens with one attached hydrogen (secondary N) is 1. The molecule has 0 aliphatic heterocycles. The molecule has 0 rings (SSSR count). The van der Waals surface area contributed by atoms with Gasteiger partial charge in [0.15, 0.2) is 0 Å². The molecular weight excluding hydrogens is 791 g/mol. The Kier molecular flexibility index (Phi) is 52.1. The Balaban J connectivity index is 3.38. The van der Waals surface area contributed by atoms with Gasteiger partial charge < -0.3 is 20.3 Å². The van der Waals surface area contributed by atoms with Crippen molar-refractivity contribution in [1.29, 1.82) is 0 Å². The van der Waals surface area contributed by atoms with Gasteiger partial charge in [-0.2, -0.15) is 0 Å². The largest absolute Gasteiger partial charge is 0.466 e. The number of esters is 1. The SMILES string of the molecule is CCCC/C=C\C/C=C\CCCCCCCC(=O)OCCCCCCCCCCCCCC/C=C\CCCCCCCCCCC(=O)NC(CO)C(O)CCCCCCCCCCC. The Morgan fingerprint density at radius 2 is 0.797 bits per heavy atom. The summed E-state index contributed by atoms with van der Waals surface area (Å²) < 4.78 is 5.47. The highest BCUT2D eigenvalue weighted by molar-refractivity contribution is 5.76. The van der Waals surface area contributed by atoms with Crippen molar-refractivity contribution >= 4 is 11.9 Å². The van der Waals surface area contributed by atoms with E-state index in [0.717, 1.165) is 51.4 Å². The Hall–Kier alpha value is -1.92. The van der Waals surface area contributed by atoms with Crippen molar-refractivity contribution in [3.05, 3.63) is 36.5 Å². The molecule has 0 spiro atoms. The number of hydrogen-bond donors (Lipinski definition) is 3. The van der Waals surface area contributed by atoms with E-state index in [0.29, 0.717) is 25.9 Å². The normalized spacial score (nSPS) is 12.9. The van der Waals surface area contributed by atoms with Crippen LogP contribution in [-0.4, -0.2) is 47.4 Å². The van der Waals surface area contributed by atoms with Gasteiger partial charge in [0.25, 0.3) is 0 Å². The lowest BCUT2D eigenvalue weighted by molar-refractivity contribution is -0.143. The fourth-order valence-corrected chi connectivity index (χ4v) is 8.53. The number of aliphatic hydroxyl groups is 2. The molecule has 1 amide bonds. The predicted octanol–water partition coefficient (Wildman–Crippen LogP) is 17.2. The van der Waals surface area contributed by atoms with Gasteiger partial charge in [0.1, 0.15) is 0 Å². The first-order chi connectivity index (χ1) is 31.5. The summed E-state index contributed by atoms with van der Waals surface area (Å²) in [4.78, 5) is 24.4. The molecule has 0 aliphatic rings. The zero-order chi connectivity index (χ0) is 46.5. The van der Waals surface area contributed by atoms with Gasteiger partial charge in [0.2, 0.25) is 5.91 Å². The lowest BCUT2D eigenvalue weighted by Crippen LogP contribution is -2.45. The van der Waals surface area contributed by atoms with Crippen molar-refractivity contribution < 1.29 is 24.5 Å². The van der Waals surface area contributed by atoms with E-state index in [1.165, 1.54) is 212 Å². The molecule has 0 fully saturated rings. The average molecular weight is 901 g/mol. The summed E-state index contributed by atoms with van der Waals surface area (Å²) in [5, 5.41) is 23.1. The molecule has 6 heteroatoms. The number of carbonyl (C=O) groups excluding carboxylic acids is 2. The van der Waals surface area contributed by atoms with E-state index in [1.807, 2.05) is 0 Å². The highest BCUT2D eigenvalue weighted by Gasteiger charge is 2.20. The predicted molar refractivity (Wildman–Crippen MR) is 278 cm³/mol. The number of aliphatic hydroxyl groups excluding tert-OH is 2. The van der Waals surface area contributed by atoms with E-state index >= 15 is 0 Å². The highest BCUT2D eigenvalue weighted by atomic mass is 16.5. The Morgan fingerprint density at radius 1 is 0.438 bits per heavy atom. The van der Waals surface area contributed by atoms with Crippen LogP contribution in [0.3, 0.4) is 0 Å². The minimum Gasteiger partial charge on any atom is -0.466 e. The maximum atomic E-state index is 12.4. The number of ether oxygens (including phenoxy) is 1. The molecule has 0 saturated carbocycles. The van der Waals surface area contributed by atoms with Crippen molar-refractivity contribution in [2.24, 2.45) is 0 Å². The summed E-state index contributed by atoms with van der Waals surface area (Å²) in [6.45, 7) is 4.88. The van der Waals surface area contributed by atoms with Crippen LogP contribution >= 0.6 is 0 Å². The quantitative estimate of drug-likeness (QED) is 0.0321. The van der Waals surface area contributed by atoms with Crippen molar-refractivity contribution in [3.63, 3.8) is 0 Å². The minimum absolute atomic E-state index is 0.00261. The third-order valence-electron chi connectivity index (χ3n) is 12.9. The Bertz CT molecular complexity index is 1040. The number of rotatable bonds is 52. The van der Waals surface area contributed by atoms with E-state index in [1.54, 1.807) is 0 Å².